The number of hydrogen-bond donors (Lipinski definition) is 2. The molecule has 39 heavy (non-hydrogen) atoms. The van der Waals surface area contributed by atoms with E-state index in [9.17, 15) is 9.35 Å². The standard InChI is InChI=1S/C29H21ClN6O2S/c1-17-9-10-22(15-32-17)36-39(38)16-21-14-24-28(35-29(21)37)34-26(18-6-3-2-4-7-18)27(33-24)20-12-19-8-5-11-31-25(19)23(30)13-20/h2-15,36H,16H2,1H3,(H,34,35,37). The number of aryl methyl sites for hydroxylation is 1. The maximum Gasteiger partial charge on any atom is 0.257 e. The van der Waals surface area contributed by atoms with Gasteiger partial charge in [0, 0.05) is 28.4 Å². The van der Waals surface area contributed by atoms with Crippen LogP contribution in [-0.4, -0.2) is 29.5 Å². The number of anilines is 1. The van der Waals surface area contributed by atoms with E-state index in [1.165, 1.54) is 0 Å². The van der Waals surface area contributed by atoms with Gasteiger partial charge < -0.3 is 9.54 Å². The Morgan fingerprint density at radius 2 is 1.77 bits per heavy atom. The largest absolute Gasteiger partial charge is 0.593 e. The Morgan fingerprint density at radius 1 is 0.949 bits per heavy atom. The molecule has 6 rings (SSSR count). The van der Waals surface area contributed by atoms with Crippen LogP contribution in [0.25, 0.3) is 44.6 Å². The van der Waals surface area contributed by atoms with E-state index >= 15 is 0 Å². The van der Waals surface area contributed by atoms with E-state index in [1.807, 2.05) is 67.6 Å². The summed E-state index contributed by atoms with van der Waals surface area (Å²) in [7, 11) is 0. The van der Waals surface area contributed by atoms with Gasteiger partial charge in [-0.25, -0.2) is 14.7 Å². The molecule has 0 saturated heterocycles. The van der Waals surface area contributed by atoms with Gasteiger partial charge in [0.05, 0.1) is 50.7 Å². The fourth-order valence-corrected chi connectivity index (χ4v) is 5.51. The zero-order valence-electron chi connectivity index (χ0n) is 20.7. The van der Waals surface area contributed by atoms with Gasteiger partial charge in [0.1, 0.15) is 5.52 Å². The van der Waals surface area contributed by atoms with Crippen LogP contribution in [0.4, 0.5) is 5.69 Å². The van der Waals surface area contributed by atoms with E-state index in [0.29, 0.717) is 44.3 Å². The van der Waals surface area contributed by atoms with Crippen LogP contribution in [0.1, 0.15) is 11.3 Å². The molecule has 0 saturated carbocycles. The van der Waals surface area contributed by atoms with Gasteiger partial charge in [-0.1, -0.05) is 48.0 Å². The normalized spacial score (nSPS) is 12.1. The molecule has 6 aromatic rings. The van der Waals surface area contributed by atoms with Crippen molar-refractivity contribution in [1.29, 1.82) is 0 Å². The third-order valence-corrected chi connectivity index (χ3v) is 7.49. The summed E-state index contributed by atoms with van der Waals surface area (Å²) in [5, 5.41) is 1.37. The van der Waals surface area contributed by atoms with Crippen LogP contribution in [-0.2, 0) is 17.1 Å². The van der Waals surface area contributed by atoms with E-state index in [1.54, 1.807) is 24.5 Å². The summed E-state index contributed by atoms with van der Waals surface area (Å²) >= 11 is 5.05. The highest BCUT2D eigenvalue weighted by Crippen LogP contribution is 2.34. The second kappa shape index (κ2) is 10.5. The first kappa shape index (κ1) is 25.0. The van der Waals surface area contributed by atoms with Crippen molar-refractivity contribution in [2.45, 2.75) is 12.7 Å². The molecule has 10 heteroatoms. The van der Waals surface area contributed by atoms with Gasteiger partial charge >= 0.3 is 0 Å². The van der Waals surface area contributed by atoms with Gasteiger partial charge in [-0.15, -0.1) is 0 Å². The SMILES string of the molecule is Cc1ccc(N[S+]([O-])Cc2cc3nc(-c4cc(Cl)c5ncccc5c4)c(-c4ccccc4)nc3[nH]c2=O)cn1. The molecule has 1 atom stereocenters. The number of halogens is 1. The molecule has 0 aliphatic carbocycles. The molecule has 0 spiro atoms. The Bertz CT molecular complexity index is 1880. The topological polar surface area (TPSA) is 120 Å². The van der Waals surface area contributed by atoms with Crippen molar-refractivity contribution >= 4 is 50.7 Å². The van der Waals surface area contributed by atoms with Gasteiger partial charge in [-0.3, -0.25) is 14.8 Å². The number of rotatable bonds is 6. The van der Waals surface area contributed by atoms with Gasteiger partial charge in [0.2, 0.25) is 0 Å². The monoisotopic (exact) mass is 552 g/mol. The number of aromatic amines is 1. The molecule has 0 fully saturated rings. The van der Waals surface area contributed by atoms with E-state index in [-0.39, 0.29) is 11.3 Å². The van der Waals surface area contributed by atoms with Crippen LogP contribution in [0.2, 0.25) is 5.02 Å². The van der Waals surface area contributed by atoms with Crippen molar-refractivity contribution < 1.29 is 4.55 Å². The summed E-state index contributed by atoms with van der Waals surface area (Å²) in [6, 6.07) is 22.5. The molecular formula is C29H21ClN6O2S. The molecule has 4 aromatic heterocycles. The quantitative estimate of drug-likeness (QED) is 0.249. The highest BCUT2D eigenvalue weighted by Gasteiger charge is 2.19. The van der Waals surface area contributed by atoms with Crippen molar-refractivity contribution in [1.82, 2.24) is 24.9 Å². The Morgan fingerprint density at radius 3 is 2.56 bits per heavy atom. The minimum atomic E-state index is -1.56. The second-order valence-corrected chi connectivity index (χ2v) is 10.5. The predicted octanol–water partition coefficient (Wildman–Crippen LogP) is 5.83. The van der Waals surface area contributed by atoms with Crippen LogP contribution < -0.4 is 10.3 Å². The smallest absolute Gasteiger partial charge is 0.257 e. The van der Waals surface area contributed by atoms with Crippen LogP contribution in [0, 0.1) is 6.92 Å². The highest BCUT2D eigenvalue weighted by molar-refractivity contribution is 7.91. The number of hydrogen-bond acceptors (Lipinski definition) is 7. The zero-order chi connectivity index (χ0) is 26.9. The Labute approximate surface area is 231 Å². The Kier molecular flexibility index (Phi) is 6.70. The van der Waals surface area contributed by atoms with Gasteiger partial charge in [0.15, 0.2) is 11.4 Å². The Hall–Kier alpha value is -4.31. The minimum Gasteiger partial charge on any atom is -0.593 e. The van der Waals surface area contributed by atoms with Crippen molar-refractivity contribution in [2.24, 2.45) is 0 Å². The zero-order valence-corrected chi connectivity index (χ0v) is 22.3. The van der Waals surface area contributed by atoms with Crippen molar-refractivity contribution in [3.8, 4) is 22.5 Å². The van der Waals surface area contributed by atoms with Gasteiger partial charge in [0.25, 0.3) is 5.56 Å². The first-order valence-electron chi connectivity index (χ1n) is 12.1. The average Bonchev–Trinajstić information content (AvgIpc) is 2.94. The lowest BCUT2D eigenvalue weighted by atomic mass is 10.0. The van der Waals surface area contributed by atoms with Crippen LogP contribution >= 0.6 is 11.6 Å². The molecule has 0 radical (unpaired) electrons. The maximum atomic E-state index is 12.9. The first-order chi connectivity index (χ1) is 18.9. The lowest BCUT2D eigenvalue weighted by molar-refractivity contribution is 0.599. The fraction of sp³-hybridized carbons (Fsp3) is 0.0690. The second-order valence-electron chi connectivity index (χ2n) is 8.96. The number of H-pyrrole nitrogens is 1. The average molecular weight is 553 g/mol. The number of pyridine rings is 3. The summed E-state index contributed by atoms with van der Waals surface area (Å²) in [6.07, 6.45) is 3.30. The molecule has 4 heterocycles. The molecule has 2 aromatic carbocycles. The maximum absolute atomic E-state index is 12.9. The molecule has 1 unspecified atom stereocenters. The number of benzene rings is 2. The third kappa shape index (κ3) is 5.20. The van der Waals surface area contributed by atoms with Crippen molar-refractivity contribution in [2.75, 3.05) is 4.72 Å². The summed E-state index contributed by atoms with van der Waals surface area (Å²) in [6.45, 7) is 1.87. The predicted molar refractivity (Wildman–Crippen MR) is 156 cm³/mol. The molecule has 0 bridgehead atoms. The summed E-state index contributed by atoms with van der Waals surface area (Å²) in [5.41, 5.74) is 5.71. The van der Waals surface area contributed by atoms with Gasteiger partial charge in [-0.05, 0) is 43.3 Å². The van der Waals surface area contributed by atoms with Crippen LogP contribution in [0.3, 0.4) is 0 Å². The van der Waals surface area contributed by atoms with Crippen molar-refractivity contribution in [3.63, 3.8) is 0 Å². The summed E-state index contributed by atoms with van der Waals surface area (Å²) < 4.78 is 15.7. The van der Waals surface area contributed by atoms with E-state index < -0.39 is 11.4 Å². The van der Waals surface area contributed by atoms with E-state index in [0.717, 1.165) is 22.2 Å². The lowest BCUT2D eigenvalue weighted by Crippen LogP contribution is -2.21. The highest BCUT2D eigenvalue weighted by atomic mass is 35.5. The van der Waals surface area contributed by atoms with E-state index in [4.69, 9.17) is 21.6 Å². The molecule has 8 nitrogen and oxygen atoms in total. The fourth-order valence-electron chi connectivity index (χ4n) is 4.29. The molecule has 0 amide bonds. The number of fused-ring (bicyclic) bond motifs is 2. The lowest BCUT2D eigenvalue weighted by Gasteiger charge is -2.14. The third-order valence-electron chi connectivity index (χ3n) is 6.17. The summed E-state index contributed by atoms with van der Waals surface area (Å²) in [5.74, 6) is -0.0237. The van der Waals surface area contributed by atoms with Crippen LogP contribution in [0.15, 0.2) is 90.0 Å². The molecule has 192 valence electrons. The van der Waals surface area contributed by atoms with Gasteiger partial charge in [-0.2, -0.15) is 0 Å². The molecule has 2 N–H and O–H groups in total. The Balaban J connectivity index is 1.45. The number of nitrogens with one attached hydrogen (secondary N) is 2. The van der Waals surface area contributed by atoms with Crippen LogP contribution in [0.5, 0.6) is 0 Å². The molecular weight excluding hydrogens is 532 g/mol. The molecule has 0 aliphatic heterocycles. The number of nitrogens with zero attached hydrogens (tertiary/aromatic N) is 4. The van der Waals surface area contributed by atoms with E-state index in [2.05, 4.69) is 19.7 Å². The number of aromatic nitrogens is 5. The summed E-state index contributed by atoms with van der Waals surface area (Å²) in [4.78, 5) is 34.1. The minimum absolute atomic E-state index is 0.0237. The van der Waals surface area contributed by atoms with Crippen molar-refractivity contribution in [3.05, 3.63) is 112 Å². The molecule has 0 aliphatic rings. The first-order valence-corrected chi connectivity index (χ1v) is 13.8.